The quantitative estimate of drug-likeness (QED) is 0.415. The predicted molar refractivity (Wildman–Crippen MR) is 111 cm³/mol. The Labute approximate surface area is 185 Å². The number of amides is 1. The molecule has 33 heavy (non-hydrogen) atoms. The van der Waals surface area contributed by atoms with Crippen molar-refractivity contribution in [3.63, 3.8) is 0 Å². The van der Waals surface area contributed by atoms with Gasteiger partial charge in [-0.15, -0.1) is 0 Å². The number of aromatic nitrogens is 2. The van der Waals surface area contributed by atoms with Gasteiger partial charge in [-0.1, -0.05) is 12.1 Å². The Morgan fingerprint density at radius 2 is 1.73 bits per heavy atom. The molecule has 0 aliphatic carbocycles. The van der Waals surface area contributed by atoms with Gasteiger partial charge < -0.3 is 10.3 Å². The van der Waals surface area contributed by atoms with Crippen molar-refractivity contribution in [2.24, 2.45) is 0 Å². The smallest absolute Gasteiger partial charge is 0.350 e. The molecule has 2 aromatic carbocycles. The molecule has 4 rings (SSSR count). The summed E-state index contributed by atoms with van der Waals surface area (Å²) >= 11 is 0. The number of nitrogens with one attached hydrogen (secondary N) is 2. The number of fused-ring (bicyclic) bond motifs is 1. The summed E-state index contributed by atoms with van der Waals surface area (Å²) in [6, 6.07) is 9.71. The van der Waals surface area contributed by atoms with Crippen LogP contribution in [0.15, 0.2) is 76.8 Å². The largest absolute Gasteiger partial charge is 0.416 e. The van der Waals surface area contributed by atoms with Crippen LogP contribution in [-0.4, -0.2) is 24.3 Å². The number of hydrogen-bond acceptors (Lipinski definition) is 4. The third-order valence-corrected chi connectivity index (χ3v) is 6.61. The van der Waals surface area contributed by atoms with Crippen LogP contribution in [0.4, 0.5) is 17.6 Å². The molecule has 2 heterocycles. The maximum atomic E-state index is 13.6. The first-order valence-corrected chi connectivity index (χ1v) is 10.9. The van der Waals surface area contributed by atoms with Crippen LogP contribution in [0.2, 0.25) is 0 Å². The molecule has 0 fully saturated rings. The zero-order valence-corrected chi connectivity index (χ0v) is 17.5. The van der Waals surface area contributed by atoms with Crippen molar-refractivity contribution in [3.8, 4) is 0 Å². The Hall–Kier alpha value is -3.73. The number of sulfone groups is 1. The summed E-state index contributed by atoms with van der Waals surface area (Å²) in [4.78, 5) is 18.2. The van der Waals surface area contributed by atoms with Crippen molar-refractivity contribution in [1.29, 1.82) is 0 Å². The molecule has 2 N–H and O–H groups in total. The zero-order chi connectivity index (χ0) is 23.8. The molecule has 11 heteroatoms. The van der Waals surface area contributed by atoms with Gasteiger partial charge in [0, 0.05) is 29.8 Å². The molecule has 0 aliphatic heterocycles. The Kier molecular flexibility index (Phi) is 5.66. The van der Waals surface area contributed by atoms with E-state index in [0.717, 1.165) is 10.9 Å². The van der Waals surface area contributed by atoms with Gasteiger partial charge >= 0.3 is 6.18 Å². The van der Waals surface area contributed by atoms with Crippen molar-refractivity contribution in [2.75, 3.05) is 0 Å². The summed E-state index contributed by atoms with van der Waals surface area (Å²) in [5.74, 6) is -1.70. The predicted octanol–water partition coefficient (Wildman–Crippen LogP) is 4.48. The molecule has 0 radical (unpaired) electrons. The number of carbonyl (C=O) groups excluding carboxylic acids is 1. The van der Waals surface area contributed by atoms with Crippen molar-refractivity contribution >= 4 is 26.6 Å². The van der Waals surface area contributed by atoms with Gasteiger partial charge in [-0.3, -0.25) is 9.78 Å². The molecule has 0 saturated carbocycles. The number of aromatic amines is 1. The van der Waals surface area contributed by atoms with E-state index in [1.165, 1.54) is 24.3 Å². The fraction of sp³-hybridized carbons (Fsp3) is 0.0909. The highest BCUT2D eigenvalue weighted by atomic mass is 32.2. The van der Waals surface area contributed by atoms with E-state index in [2.05, 4.69) is 15.3 Å². The van der Waals surface area contributed by atoms with Crippen LogP contribution in [-0.2, 0) is 22.6 Å². The molecule has 0 saturated heterocycles. The second kappa shape index (κ2) is 8.32. The Balaban J connectivity index is 1.50. The second-order valence-corrected chi connectivity index (χ2v) is 9.10. The third kappa shape index (κ3) is 4.72. The Bertz CT molecular complexity index is 1410. The molecule has 6 nitrogen and oxygen atoms in total. The van der Waals surface area contributed by atoms with E-state index < -0.39 is 32.3 Å². The van der Waals surface area contributed by atoms with Gasteiger partial charge in [0.15, 0.2) is 0 Å². The number of benzene rings is 2. The topological polar surface area (TPSA) is 91.9 Å². The fourth-order valence-electron chi connectivity index (χ4n) is 3.18. The standard InChI is InChI=1S/C22H15F4N3O3S/c23-16-8-15(22(24,25)26)9-18(10-16)33(31,32)17-3-1-13(2-4-17)11-28-21(30)20-7-14-12-27-6-5-19(14)29-20/h1-10,12,29H,11H2,(H,28,30). The molecule has 0 bridgehead atoms. The zero-order valence-electron chi connectivity index (χ0n) is 16.7. The SMILES string of the molecule is O=C(NCc1ccc(S(=O)(=O)c2cc(F)cc(C(F)(F)F)c2)cc1)c1cc2cnccc2[nH]1. The molecule has 170 valence electrons. The number of pyridine rings is 1. The number of nitrogens with zero attached hydrogens (tertiary/aromatic N) is 1. The first-order valence-electron chi connectivity index (χ1n) is 9.47. The van der Waals surface area contributed by atoms with E-state index in [1.807, 2.05) is 0 Å². The summed E-state index contributed by atoms with van der Waals surface area (Å²) in [7, 11) is -4.39. The van der Waals surface area contributed by atoms with Crippen LogP contribution in [0, 0.1) is 5.82 Å². The summed E-state index contributed by atoms with van der Waals surface area (Å²) in [6.45, 7) is 0.0744. The maximum absolute atomic E-state index is 13.6. The molecule has 0 unspecified atom stereocenters. The molecule has 4 aromatic rings. The molecular formula is C22H15F4N3O3S. The first kappa shape index (κ1) is 22.5. The lowest BCUT2D eigenvalue weighted by Crippen LogP contribution is -2.23. The van der Waals surface area contributed by atoms with E-state index in [0.29, 0.717) is 23.4 Å². The van der Waals surface area contributed by atoms with Gasteiger partial charge in [-0.25, -0.2) is 12.8 Å². The van der Waals surface area contributed by atoms with Crippen molar-refractivity contribution in [2.45, 2.75) is 22.5 Å². The van der Waals surface area contributed by atoms with Crippen LogP contribution < -0.4 is 5.32 Å². The van der Waals surface area contributed by atoms with E-state index in [-0.39, 0.29) is 23.4 Å². The van der Waals surface area contributed by atoms with Crippen molar-refractivity contribution < 1.29 is 30.8 Å². The molecule has 1 amide bonds. The highest BCUT2D eigenvalue weighted by molar-refractivity contribution is 7.91. The van der Waals surface area contributed by atoms with Gasteiger partial charge in [-0.05, 0) is 48.0 Å². The summed E-state index contributed by atoms with van der Waals surface area (Å²) in [6.07, 6.45) is -1.70. The van der Waals surface area contributed by atoms with Crippen LogP contribution in [0.25, 0.3) is 10.9 Å². The van der Waals surface area contributed by atoms with E-state index in [9.17, 15) is 30.8 Å². The molecule has 0 aliphatic rings. The minimum absolute atomic E-state index is 0.0744. The lowest BCUT2D eigenvalue weighted by molar-refractivity contribution is -0.137. The Morgan fingerprint density at radius 3 is 2.39 bits per heavy atom. The average molecular weight is 477 g/mol. The van der Waals surface area contributed by atoms with E-state index in [1.54, 1.807) is 24.5 Å². The molecular weight excluding hydrogens is 462 g/mol. The third-order valence-electron chi connectivity index (χ3n) is 4.86. The van der Waals surface area contributed by atoms with E-state index >= 15 is 0 Å². The number of hydrogen-bond donors (Lipinski definition) is 2. The normalized spacial score (nSPS) is 12.1. The van der Waals surface area contributed by atoms with E-state index in [4.69, 9.17) is 0 Å². The summed E-state index contributed by atoms with van der Waals surface area (Å²) in [5, 5.41) is 3.45. The highest BCUT2D eigenvalue weighted by Gasteiger charge is 2.33. The molecule has 0 atom stereocenters. The second-order valence-electron chi connectivity index (χ2n) is 7.15. The van der Waals surface area contributed by atoms with Crippen LogP contribution in [0.3, 0.4) is 0 Å². The average Bonchev–Trinajstić information content (AvgIpc) is 3.21. The van der Waals surface area contributed by atoms with Crippen molar-refractivity contribution in [1.82, 2.24) is 15.3 Å². The maximum Gasteiger partial charge on any atom is 0.416 e. The molecule has 2 aromatic heterocycles. The highest BCUT2D eigenvalue weighted by Crippen LogP contribution is 2.33. The van der Waals surface area contributed by atoms with Gasteiger partial charge in [0.1, 0.15) is 11.5 Å². The van der Waals surface area contributed by atoms with Gasteiger partial charge in [-0.2, -0.15) is 13.2 Å². The lowest BCUT2D eigenvalue weighted by Gasteiger charge is -2.11. The Morgan fingerprint density at radius 1 is 1.00 bits per heavy atom. The fourth-order valence-corrected chi connectivity index (χ4v) is 4.49. The summed E-state index contributed by atoms with van der Waals surface area (Å²) in [5.41, 5.74) is 0.225. The van der Waals surface area contributed by atoms with Gasteiger partial charge in [0.2, 0.25) is 9.84 Å². The molecule has 0 spiro atoms. The minimum atomic E-state index is -4.89. The number of H-pyrrole nitrogens is 1. The number of alkyl halides is 3. The van der Waals surface area contributed by atoms with Crippen molar-refractivity contribution in [3.05, 3.63) is 89.6 Å². The number of carbonyl (C=O) groups is 1. The monoisotopic (exact) mass is 477 g/mol. The van der Waals surface area contributed by atoms with Crippen LogP contribution in [0.5, 0.6) is 0 Å². The number of halogens is 4. The van der Waals surface area contributed by atoms with Crippen LogP contribution >= 0.6 is 0 Å². The van der Waals surface area contributed by atoms with Gasteiger partial charge in [0.25, 0.3) is 5.91 Å². The number of rotatable bonds is 5. The van der Waals surface area contributed by atoms with Crippen LogP contribution in [0.1, 0.15) is 21.6 Å². The van der Waals surface area contributed by atoms with Gasteiger partial charge in [0.05, 0.1) is 15.4 Å². The minimum Gasteiger partial charge on any atom is -0.350 e. The lowest BCUT2D eigenvalue weighted by atomic mass is 10.2. The first-order chi connectivity index (χ1) is 15.5. The summed E-state index contributed by atoms with van der Waals surface area (Å²) < 4.78 is 77.8.